The Morgan fingerprint density at radius 1 is 1.24 bits per heavy atom. The predicted molar refractivity (Wildman–Crippen MR) is 62.5 cm³/mol. The van der Waals surface area contributed by atoms with E-state index in [1.807, 2.05) is 6.92 Å². The summed E-state index contributed by atoms with van der Waals surface area (Å²) in [5, 5.41) is 0. The van der Waals surface area contributed by atoms with Crippen LogP contribution >= 0.6 is 0 Å². The molecule has 0 aromatic heterocycles. The van der Waals surface area contributed by atoms with Crippen molar-refractivity contribution in [3.63, 3.8) is 0 Å². The Labute approximate surface area is 102 Å². The standard InChI is InChI=1S/C12H21NO4/c1-12(9-11(15)17-3)6-4-7-13(12)8-5-10(14)16-2/h4-9H2,1-3H3. The first-order valence-electron chi connectivity index (χ1n) is 5.90. The zero-order valence-corrected chi connectivity index (χ0v) is 10.8. The molecule has 1 heterocycles. The van der Waals surface area contributed by atoms with Crippen molar-refractivity contribution in [1.29, 1.82) is 0 Å². The Morgan fingerprint density at radius 3 is 2.47 bits per heavy atom. The number of carbonyl (C=O) groups excluding carboxylic acids is 2. The second kappa shape index (κ2) is 6.00. The van der Waals surface area contributed by atoms with Gasteiger partial charge >= 0.3 is 11.9 Å². The number of esters is 2. The fourth-order valence-electron chi connectivity index (χ4n) is 2.37. The van der Waals surface area contributed by atoms with Crippen LogP contribution in [0.1, 0.15) is 32.6 Å². The zero-order chi connectivity index (χ0) is 12.9. The molecule has 0 bridgehead atoms. The fourth-order valence-corrected chi connectivity index (χ4v) is 2.37. The molecule has 1 fully saturated rings. The van der Waals surface area contributed by atoms with Gasteiger partial charge in [0, 0.05) is 12.1 Å². The van der Waals surface area contributed by atoms with Crippen molar-refractivity contribution in [2.24, 2.45) is 0 Å². The number of hydrogen-bond acceptors (Lipinski definition) is 5. The summed E-state index contributed by atoms with van der Waals surface area (Å²) >= 11 is 0. The number of methoxy groups -OCH3 is 2. The van der Waals surface area contributed by atoms with E-state index in [2.05, 4.69) is 9.64 Å². The summed E-state index contributed by atoms with van der Waals surface area (Å²) < 4.78 is 9.34. The van der Waals surface area contributed by atoms with Crippen molar-refractivity contribution >= 4 is 11.9 Å². The van der Waals surface area contributed by atoms with E-state index >= 15 is 0 Å². The van der Waals surface area contributed by atoms with Crippen molar-refractivity contribution < 1.29 is 19.1 Å². The van der Waals surface area contributed by atoms with Gasteiger partial charge in [0.15, 0.2) is 0 Å². The molecule has 1 unspecified atom stereocenters. The Morgan fingerprint density at radius 2 is 1.88 bits per heavy atom. The van der Waals surface area contributed by atoms with E-state index in [4.69, 9.17) is 4.74 Å². The Hall–Kier alpha value is -1.10. The van der Waals surface area contributed by atoms with E-state index in [0.29, 0.717) is 19.4 Å². The molecule has 0 saturated carbocycles. The minimum atomic E-state index is -0.211. The van der Waals surface area contributed by atoms with Gasteiger partial charge in [-0.05, 0) is 26.3 Å². The number of rotatable bonds is 5. The molecule has 17 heavy (non-hydrogen) atoms. The summed E-state index contributed by atoms with van der Waals surface area (Å²) in [6.07, 6.45) is 2.76. The average Bonchev–Trinajstić information content (AvgIpc) is 2.66. The van der Waals surface area contributed by atoms with Crippen LogP contribution in [0, 0.1) is 0 Å². The summed E-state index contributed by atoms with van der Waals surface area (Å²) in [5.74, 6) is -0.408. The first kappa shape index (κ1) is 14.0. The molecular formula is C12H21NO4. The molecule has 0 aliphatic carbocycles. The maximum atomic E-state index is 11.4. The summed E-state index contributed by atoms with van der Waals surface area (Å²) in [6.45, 7) is 3.61. The van der Waals surface area contributed by atoms with Crippen molar-refractivity contribution in [1.82, 2.24) is 4.90 Å². The highest BCUT2D eigenvalue weighted by molar-refractivity contribution is 5.71. The lowest BCUT2D eigenvalue weighted by Crippen LogP contribution is -2.44. The Balaban J connectivity index is 2.52. The number of likely N-dealkylation sites (tertiary alicyclic amines) is 1. The molecule has 5 nitrogen and oxygen atoms in total. The van der Waals surface area contributed by atoms with Gasteiger partial charge in [0.25, 0.3) is 0 Å². The molecule has 5 heteroatoms. The Bertz CT molecular complexity index is 292. The first-order chi connectivity index (χ1) is 8.01. The van der Waals surface area contributed by atoms with Crippen LogP contribution in [0.25, 0.3) is 0 Å². The Kier molecular flexibility index (Phi) is 4.93. The maximum Gasteiger partial charge on any atom is 0.307 e. The van der Waals surface area contributed by atoms with Crippen LogP contribution in [-0.4, -0.2) is 49.7 Å². The van der Waals surface area contributed by atoms with E-state index < -0.39 is 0 Å². The van der Waals surface area contributed by atoms with Crippen LogP contribution in [0.4, 0.5) is 0 Å². The SMILES string of the molecule is COC(=O)CCN1CCCC1(C)CC(=O)OC. The molecular weight excluding hydrogens is 222 g/mol. The molecule has 1 saturated heterocycles. The summed E-state index contributed by atoms with van der Waals surface area (Å²) in [5.41, 5.74) is -0.179. The highest BCUT2D eigenvalue weighted by Crippen LogP contribution is 2.32. The smallest absolute Gasteiger partial charge is 0.307 e. The third-order valence-electron chi connectivity index (χ3n) is 3.47. The topological polar surface area (TPSA) is 55.8 Å². The molecule has 0 spiro atoms. The minimum Gasteiger partial charge on any atom is -0.469 e. The molecule has 0 radical (unpaired) electrons. The van der Waals surface area contributed by atoms with Crippen LogP contribution in [0.3, 0.4) is 0 Å². The monoisotopic (exact) mass is 243 g/mol. The second-order valence-corrected chi connectivity index (χ2v) is 4.67. The predicted octanol–water partition coefficient (Wildman–Crippen LogP) is 0.967. The molecule has 1 rings (SSSR count). The van der Waals surface area contributed by atoms with Gasteiger partial charge in [0.1, 0.15) is 0 Å². The molecule has 1 atom stereocenters. The van der Waals surface area contributed by atoms with Crippen molar-refractivity contribution in [3.8, 4) is 0 Å². The average molecular weight is 243 g/mol. The number of ether oxygens (including phenoxy) is 2. The van der Waals surface area contributed by atoms with Gasteiger partial charge in [-0.25, -0.2) is 0 Å². The number of hydrogen-bond donors (Lipinski definition) is 0. The molecule has 0 N–H and O–H groups in total. The molecule has 0 aromatic carbocycles. The number of nitrogens with zero attached hydrogens (tertiary/aromatic N) is 1. The largest absolute Gasteiger partial charge is 0.469 e. The fraction of sp³-hybridized carbons (Fsp3) is 0.833. The van der Waals surface area contributed by atoms with E-state index in [1.165, 1.54) is 14.2 Å². The van der Waals surface area contributed by atoms with Gasteiger partial charge < -0.3 is 9.47 Å². The highest BCUT2D eigenvalue weighted by atomic mass is 16.5. The van der Waals surface area contributed by atoms with Gasteiger partial charge in [-0.1, -0.05) is 0 Å². The number of carbonyl (C=O) groups is 2. The molecule has 98 valence electrons. The van der Waals surface area contributed by atoms with Crippen molar-refractivity contribution in [2.75, 3.05) is 27.3 Å². The summed E-state index contributed by atoms with van der Waals surface area (Å²) in [6, 6.07) is 0. The van der Waals surface area contributed by atoms with Gasteiger partial charge in [-0.2, -0.15) is 0 Å². The van der Waals surface area contributed by atoms with Crippen LogP contribution in [0.5, 0.6) is 0 Å². The third kappa shape index (κ3) is 3.70. The van der Waals surface area contributed by atoms with Gasteiger partial charge in [-0.15, -0.1) is 0 Å². The molecule has 0 aromatic rings. The van der Waals surface area contributed by atoms with Crippen LogP contribution in [0.2, 0.25) is 0 Å². The van der Waals surface area contributed by atoms with Gasteiger partial charge in [0.2, 0.25) is 0 Å². The van der Waals surface area contributed by atoms with Crippen LogP contribution < -0.4 is 0 Å². The van der Waals surface area contributed by atoms with Gasteiger partial charge in [0.05, 0.1) is 27.1 Å². The lowest BCUT2D eigenvalue weighted by Gasteiger charge is -2.34. The van der Waals surface area contributed by atoms with E-state index in [-0.39, 0.29) is 17.5 Å². The maximum absolute atomic E-state index is 11.4. The third-order valence-corrected chi connectivity index (χ3v) is 3.47. The van der Waals surface area contributed by atoms with E-state index in [0.717, 1.165) is 19.4 Å². The lowest BCUT2D eigenvalue weighted by atomic mass is 9.94. The molecule has 1 aliphatic heterocycles. The van der Waals surface area contributed by atoms with E-state index in [1.54, 1.807) is 0 Å². The quantitative estimate of drug-likeness (QED) is 0.673. The summed E-state index contributed by atoms with van der Waals surface area (Å²) in [4.78, 5) is 24.7. The highest BCUT2D eigenvalue weighted by Gasteiger charge is 2.38. The first-order valence-corrected chi connectivity index (χ1v) is 5.90. The van der Waals surface area contributed by atoms with Crippen LogP contribution in [-0.2, 0) is 19.1 Å². The van der Waals surface area contributed by atoms with Gasteiger partial charge in [-0.3, -0.25) is 14.5 Å². The summed E-state index contributed by atoms with van der Waals surface area (Å²) in [7, 11) is 2.79. The molecule has 0 amide bonds. The zero-order valence-electron chi connectivity index (χ0n) is 10.8. The normalized spacial score (nSPS) is 24.6. The lowest BCUT2D eigenvalue weighted by molar-refractivity contribution is -0.143. The van der Waals surface area contributed by atoms with E-state index in [9.17, 15) is 9.59 Å². The second-order valence-electron chi connectivity index (χ2n) is 4.67. The molecule has 1 aliphatic rings. The van der Waals surface area contributed by atoms with Crippen LogP contribution in [0.15, 0.2) is 0 Å². The van der Waals surface area contributed by atoms with Crippen molar-refractivity contribution in [2.45, 2.75) is 38.1 Å². The minimum absolute atomic E-state index is 0.179. The van der Waals surface area contributed by atoms with Crippen molar-refractivity contribution in [3.05, 3.63) is 0 Å².